The molecule has 0 spiro atoms. The monoisotopic (exact) mass is 249 g/mol. The summed E-state index contributed by atoms with van der Waals surface area (Å²) in [6.45, 7) is 0. The fourth-order valence-electron chi connectivity index (χ4n) is 1.20. The Labute approximate surface area is 105 Å². The number of phenols is 1. The van der Waals surface area contributed by atoms with Crippen molar-refractivity contribution in [1.29, 1.82) is 5.41 Å². The first-order valence-electron chi connectivity index (χ1n) is 5.34. The Bertz CT molecular complexity index is 454. The van der Waals surface area contributed by atoms with Crippen LogP contribution in [0.5, 0.6) is 5.75 Å². The Hall–Kier alpha value is -2.37. The van der Waals surface area contributed by atoms with E-state index in [4.69, 9.17) is 15.6 Å². The van der Waals surface area contributed by atoms with Crippen LogP contribution in [0.3, 0.4) is 0 Å². The van der Waals surface area contributed by atoms with Gasteiger partial charge in [0.15, 0.2) is 0 Å². The average molecular weight is 249 g/mol. The summed E-state index contributed by atoms with van der Waals surface area (Å²) in [5.41, 5.74) is 0.808. The van der Waals surface area contributed by atoms with E-state index in [9.17, 15) is 4.79 Å². The molecule has 6 heteroatoms. The number of phenolic OH excluding ortho intramolecular Hbond substituents is 1. The van der Waals surface area contributed by atoms with Crippen LogP contribution in [0.25, 0.3) is 0 Å². The Kier molecular flexibility index (Phi) is 4.86. The molecule has 1 aromatic rings. The van der Waals surface area contributed by atoms with E-state index in [0.29, 0.717) is 0 Å². The molecule has 0 unspecified atom stereocenters. The number of rotatable bonds is 5. The highest BCUT2D eigenvalue weighted by Crippen LogP contribution is 2.15. The summed E-state index contributed by atoms with van der Waals surface area (Å²) in [6.07, 6.45) is 1.45. The van der Waals surface area contributed by atoms with Crippen LogP contribution in [-0.4, -0.2) is 35.4 Å². The van der Waals surface area contributed by atoms with Gasteiger partial charge < -0.3 is 15.1 Å². The number of carboxylic acid groups (broad SMARTS) is 1. The molecule has 1 aromatic carbocycles. The molecule has 0 radical (unpaired) electrons. The lowest BCUT2D eigenvalue weighted by Crippen LogP contribution is -2.15. The number of nitrogens with one attached hydrogen (secondary N) is 1. The van der Waals surface area contributed by atoms with Gasteiger partial charge >= 0.3 is 5.97 Å². The molecule has 0 aliphatic carbocycles. The van der Waals surface area contributed by atoms with Gasteiger partial charge in [-0.1, -0.05) is 0 Å². The third kappa shape index (κ3) is 4.65. The SMILES string of the molecule is CN(/C=N\C(=N)CCC(=O)O)c1ccc(O)cc1. The van der Waals surface area contributed by atoms with Crippen LogP contribution in [0.15, 0.2) is 29.3 Å². The number of amidine groups is 1. The van der Waals surface area contributed by atoms with Crippen LogP contribution in [0.4, 0.5) is 5.69 Å². The summed E-state index contributed by atoms with van der Waals surface area (Å²) in [7, 11) is 1.75. The van der Waals surface area contributed by atoms with Crippen molar-refractivity contribution in [1.82, 2.24) is 0 Å². The Morgan fingerprint density at radius 1 is 1.39 bits per heavy atom. The summed E-state index contributed by atoms with van der Waals surface area (Å²) in [5.74, 6) is -0.747. The van der Waals surface area contributed by atoms with E-state index in [1.54, 1.807) is 36.2 Å². The maximum absolute atomic E-state index is 10.3. The van der Waals surface area contributed by atoms with Crippen molar-refractivity contribution >= 4 is 23.8 Å². The number of aliphatic imine (C=N–C) groups is 1. The van der Waals surface area contributed by atoms with Gasteiger partial charge in [-0.2, -0.15) is 0 Å². The van der Waals surface area contributed by atoms with Gasteiger partial charge in [0.05, 0.1) is 12.8 Å². The van der Waals surface area contributed by atoms with E-state index in [1.165, 1.54) is 6.34 Å². The van der Waals surface area contributed by atoms with Gasteiger partial charge in [0.2, 0.25) is 0 Å². The number of aliphatic carboxylic acids is 1. The first-order valence-corrected chi connectivity index (χ1v) is 5.34. The lowest BCUT2D eigenvalue weighted by Gasteiger charge is -2.12. The molecule has 0 aromatic heterocycles. The maximum atomic E-state index is 10.3. The number of anilines is 1. The number of aromatic hydroxyl groups is 1. The van der Waals surface area contributed by atoms with Crippen molar-refractivity contribution in [2.24, 2.45) is 4.99 Å². The fourth-order valence-corrected chi connectivity index (χ4v) is 1.20. The molecule has 1 rings (SSSR count). The Morgan fingerprint density at radius 3 is 2.56 bits per heavy atom. The van der Waals surface area contributed by atoms with Crippen LogP contribution in [0.2, 0.25) is 0 Å². The number of hydrogen-bond donors (Lipinski definition) is 3. The molecule has 18 heavy (non-hydrogen) atoms. The van der Waals surface area contributed by atoms with Gasteiger partial charge in [0, 0.05) is 19.2 Å². The highest BCUT2D eigenvalue weighted by atomic mass is 16.4. The Morgan fingerprint density at radius 2 is 2.00 bits per heavy atom. The fraction of sp³-hybridized carbons (Fsp3) is 0.250. The molecule has 0 aliphatic heterocycles. The molecule has 6 nitrogen and oxygen atoms in total. The zero-order chi connectivity index (χ0) is 13.5. The van der Waals surface area contributed by atoms with Crippen LogP contribution in [-0.2, 0) is 4.79 Å². The molecule has 0 atom stereocenters. The predicted octanol–water partition coefficient (Wildman–Crippen LogP) is 1.70. The largest absolute Gasteiger partial charge is 0.508 e. The molecule has 0 saturated heterocycles. The number of hydrogen-bond acceptors (Lipinski definition) is 3. The predicted molar refractivity (Wildman–Crippen MR) is 69.6 cm³/mol. The molecular formula is C12H15N3O3. The van der Waals surface area contributed by atoms with Gasteiger partial charge in [-0.25, -0.2) is 4.99 Å². The molecule has 3 N–H and O–H groups in total. The normalized spacial score (nSPS) is 10.5. The minimum Gasteiger partial charge on any atom is -0.508 e. The molecule has 0 aliphatic rings. The van der Waals surface area contributed by atoms with Crippen LogP contribution in [0.1, 0.15) is 12.8 Å². The topological polar surface area (TPSA) is 97.0 Å². The second-order valence-electron chi connectivity index (χ2n) is 3.71. The van der Waals surface area contributed by atoms with Crippen molar-refractivity contribution in [3.05, 3.63) is 24.3 Å². The number of nitrogens with zero attached hydrogens (tertiary/aromatic N) is 2. The van der Waals surface area contributed by atoms with Crippen molar-refractivity contribution < 1.29 is 15.0 Å². The van der Waals surface area contributed by atoms with Crippen LogP contribution < -0.4 is 4.90 Å². The minimum absolute atomic E-state index is 0.0167. The zero-order valence-electron chi connectivity index (χ0n) is 10.00. The van der Waals surface area contributed by atoms with Gasteiger partial charge in [0.1, 0.15) is 11.6 Å². The average Bonchev–Trinajstić information content (AvgIpc) is 2.34. The van der Waals surface area contributed by atoms with Crippen LogP contribution >= 0.6 is 0 Å². The molecule has 96 valence electrons. The zero-order valence-corrected chi connectivity index (χ0v) is 10.00. The van der Waals surface area contributed by atoms with Crippen molar-refractivity contribution in [2.45, 2.75) is 12.8 Å². The molecule has 0 fully saturated rings. The Balaban J connectivity index is 2.53. The van der Waals surface area contributed by atoms with Crippen molar-refractivity contribution in [3.63, 3.8) is 0 Å². The second-order valence-corrected chi connectivity index (χ2v) is 3.71. The van der Waals surface area contributed by atoms with E-state index in [2.05, 4.69) is 4.99 Å². The molecule has 0 heterocycles. The van der Waals surface area contributed by atoms with Gasteiger partial charge in [-0.05, 0) is 24.3 Å². The summed E-state index contributed by atoms with van der Waals surface area (Å²) in [5, 5.41) is 25.0. The van der Waals surface area contributed by atoms with Gasteiger partial charge in [0.25, 0.3) is 0 Å². The third-order valence-corrected chi connectivity index (χ3v) is 2.22. The molecule has 0 saturated carbocycles. The molecular weight excluding hydrogens is 234 g/mol. The van der Waals surface area contributed by atoms with Gasteiger partial charge in [-0.3, -0.25) is 10.2 Å². The summed E-state index contributed by atoms with van der Waals surface area (Å²) >= 11 is 0. The quantitative estimate of drug-likeness (QED) is 0.546. The van der Waals surface area contributed by atoms with E-state index in [0.717, 1.165) is 5.69 Å². The number of carbonyl (C=O) groups is 1. The highest BCUT2D eigenvalue weighted by Gasteiger charge is 2.01. The summed E-state index contributed by atoms with van der Waals surface area (Å²) in [6, 6.07) is 6.52. The highest BCUT2D eigenvalue weighted by molar-refractivity contribution is 5.92. The lowest BCUT2D eigenvalue weighted by molar-refractivity contribution is -0.136. The lowest BCUT2D eigenvalue weighted by atomic mass is 10.3. The van der Waals surface area contributed by atoms with Gasteiger partial charge in [-0.15, -0.1) is 0 Å². The smallest absolute Gasteiger partial charge is 0.303 e. The van der Waals surface area contributed by atoms with E-state index < -0.39 is 5.97 Å². The van der Waals surface area contributed by atoms with Crippen molar-refractivity contribution in [3.8, 4) is 5.75 Å². The number of carboxylic acids is 1. The third-order valence-electron chi connectivity index (χ3n) is 2.22. The standard InChI is InChI=1S/C12H15N3O3/c1-15(9-2-4-10(16)5-3-9)8-14-11(13)6-7-12(17)18/h2-5,8,13,16H,6-7H2,1H3,(H,17,18)/b13-11?,14-8-. The first-order chi connectivity index (χ1) is 8.49. The summed E-state index contributed by atoms with van der Waals surface area (Å²) in [4.78, 5) is 15.8. The minimum atomic E-state index is -0.943. The van der Waals surface area contributed by atoms with Crippen LogP contribution in [0, 0.1) is 5.41 Å². The number of benzene rings is 1. The van der Waals surface area contributed by atoms with E-state index >= 15 is 0 Å². The van der Waals surface area contributed by atoms with E-state index in [1.807, 2.05) is 0 Å². The molecule has 0 bridgehead atoms. The molecule has 0 amide bonds. The van der Waals surface area contributed by atoms with Crippen molar-refractivity contribution in [2.75, 3.05) is 11.9 Å². The van der Waals surface area contributed by atoms with E-state index in [-0.39, 0.29) is 24.4 Å². The summed E-state index contributed by atoms with van der Waals surface area (Å²) < 4.78 is 0. The first kappa shape index (κ1) is 13.7. The second kappa shape index (κ2) is 6.39. The maximum Gasteiger partial charge on any atom is 0.303 e.